The first-order valence-corrected chi connectivity index (χ1v) is 27.8. The Bertz CT molecular complexity index is 2310. The van der Waals surface area contributed by atoms with Gasteiger partial charge in [0.05, 0.1) is 0 Å². The number of benzene rings is 4. The van der Waals surface area contributed by atoms with Crippen molar-refractivity contribution in [2.24, 2.45) is 11.8 Å². The summed E-state index contributed by atoms with van der Waals surface area (Å²) in [6.45, 7) is 12.5. The van der Waals surface area contributed by atoms with Gasteiger partial charge in [-0.15, -0.1) is 0 Å². The van der Waals surface area contributed by atoms with Crippen molar-refractivity contribution in [1.82, 2.24) is 0 Å². The summed E-state index contributed by atoms with van der Waals surface area (Å²) >= 11 is -5.40. The van der Waals surface area contributed by atoms with Crippen LogP contribution < -0.4 is 17.5 Å². The number of hydrogen-bond donors (Lipinski definition) is 0. The number of rotatable bonds is 24. The van der Waals surface area contributed by atoms with Crippen LogP contribution in [0.15, 0.2) is 134 Å². The summed E-state index contributed by atoms with van der Waals surface area (Å²) in [5, 5.41) is 0. The second-order valence-corrected chi connectivity index (χ2v) is 26.5. The minimum absolute atomic E-state index is 0.106. The third-order valence-corrected chi connectivity index (χ3v) is 22.9. The van der Waals surface area contributed by atoms with Crippen molar-refractivity contribution in [3.63, 3.8) is 0 Å². The Morgan fingerprint density at radius 2 is 0.899 bits per heavy atom. The number of allylic oxidation sites excluding steroid dienone is 8. The van der Waals surface area contributed by atoms with Crippen LogP contribution in [0.5, 0.6) is 0 Å². The molecule has 0 aromatic heterocycles. The summed E-state index contributed by atoms with van der Waals surface area (Å²) in [4.78, 5) is 31.9. The fourth-order valence-electron chi connectivity index (χ4n) is 9.82. The van der Waals surface area contributed by atoms with Gasteiger partial charge in [0.25, 0.3) is 0 Å². The number of anilines is 2. The maximum absolute atomic E-state index is 18.5. The average molecular weight is 983 g/mol. The first-order valence-electron chi connectivity index (χ1n) is 24.5. The van der Waals surface area contributed by atoms with Crippen LogP contribution in [0.25, 0.3) is 0 Å². The van der Waals surface area contributed by atoms with E-state index >= 15 is 17.6 Å². The second kappa shape index (κ2) is 23.8. The van der Waals surface area contributed by atoms with Crippen LogP contribution in [0.4, 0.5) is 28.9 Å². The summed E-state index contributed by atoms with van der Waals surface area (Å²) < 4.78 is 80.7. The van der Waals surface area contributed by atoms with Crippen LogP contribution in [0.1, 0.15) is 114 Å². The second-order valence-electron chi connectivity index (χ2n) is 20.1. The third-order valence-electron chi connectivity index (χ3n) is 14.4. The standard InChI is InChI=1S/2C24H30F2NO2.2C5H5.Ti/c2*1-18(9-8-15-24(2,3)29-4)14-16-27(22-13-12-20(25)17-21(22)26)23(28)19-10-6-5-7-11-19;2*1-2-4-5-3-1;/h2*5-7,10-13,18H,8-9,14-16H2,1-4H3;2*1-5H;. The van der Waals surface area contributed by atoms with E-state index < -0.39 is 67.9 Å². The van der Waals surface area contributed by atoms with Crippen molar-refractivity contribution < 1.29 is 53.2 Å². The number of ether oxygens (including phenoxy) is 2. The van der Waals surface area contributed by atoms with E-state index in [1.165, 1.54) is 21.9 Å². The molecule has 2 aliphatic carbocycles. The molecule has 2 atom stereocenters. The van der Waals surface area contributed by atoms with E-state index in [2.05, 4.69) is 13.8 Å². The van der Waals surface area contributed by atoms with E-state index in [9.17, 15) is 9.59 Å². The van der Waals surface area contributed by atoms with E-state index in [-0.39, 0.29) is 47.5 Å². The summed E-state index contributed by atoms with van der Waals surface area (Å²) in [6, 6.07) is 21.9. The SMILES string of the molecule is COC(C)(C)CCCC(C)CCN(C(=O)c1ccccc1)c1ccc(F)[c]([Ti]([c]2c(F)ccc(N(CCC(C)CCCC(C)(C)OC)C(=O)c3ccccc3)c2F)([CH]2C=CC=C2)[CH]2C=CC=C2)c1F. The van der Waals surface area contributed by atoms with Gasteiger partial charge in [-0.2, -0.15) is 0 Å². The van der Waals surface area contributed by atoms with Crippen LogP contribution in [0, 0.1) is 35.1 Å². The molecule has 4 aromatic carbocycles. The van der Waals surface area contributed by atoms with Crippen molar-refractivity contribution in [2.75, 3.05) is 37.1 Å². The molecule has 6 nitrogen and oxygen atoms in total. The predicted molar refractivity (Wildman–Crippen MR) is 270 cm³/mol. The van der Waals surface area contributed by atoms with Gasteiger partial charge in [-0.05, 0) is 0 Å². The number of nitrogens with zero attached hydrogens (tertiary/aromatic N) is 2. The Morgan fingerprint density at radius 1 is 0.551 bits per heavy atom. The summed E-state index contributed by atoms with van der Waals surface area (Å²) in [7, 11) is 3.38. The molecule has 0 spiro atoms. The van der Waals surface area contributed by atoms with Crippen LogP contribution >= 0.6 is 0 Å². The number of methoxy groups -OCH3 is 2. The Balaban J connectivity index is 1.52. The first-order chi connectivity index (χ1) is 33.0. The van der Waals surface area contributed by atoms with Gasteiger partial charge in [0.2, 0.25) is 0 Å². The molecule has 2 unspecified atom stereocenters. The van der Waals surface area contributed by atoms with Crippen molar-refractivity contribution in [2.45, 2.75) is 113 Å². The molecule has 0 heterocycles. The normalized spacial score (nSPS) is 15.0. The molecule has 2 aliphatic rings. The van der Waals surface area contributed by atoms with Crippen LogP contribution in [0.3, 0.4) is 0 Å². The number of carbonyl (C=O) groups excluding carboxylic acids is 2. The predicted octanol–water partition coefficient (Wildman–Crippen LogP) is 13.7. The van der Waals surface area contributed by atoms with Gasteiger partial charge in [0, 0.05) is 14.2 Å². The Hall–Kier alpha value is -4.87. The quantitative estimate of drug-likeness (QED) is 0.0518. The minimum atomic E-state index is -5.40. The number of carbonyl (C=O) groups is 2. The van der Waals surface area contributed by atoms with Gasteiger partial charge in [-0.3, -0.25) is 0 Å². The fraction of sp³-hybridized carbons (Fsp3) is 0.414. The molecule has 0 bridgehead atoms. The zero-order valence-corrected chi connectivity index (χ0v) is 43.2. The average Bonchev–Trinajstić information content (AvgIpc) is 4.10. The zero-order valence-electron chi connectivity index (χ0n) is 41.6. The summed E-state index contributed by atoms with van der Waals surface area (Å²) in [5.41, 5.74) is -0.282. The van der Waals surface area contributed by atoms with Gasteiger partial charge in [-0.25, -0.2) is 0 Å². The van der Waals surface area contributed by atoms with Gasteiger partial charge < -0.3 is 0 Å². The van der Waals surface area contributed by atoms with E-state index in [4.69, 9.17) is 9.47 Å². The molecule has 4 aromatic rings. The molecule has 0 fully saturated rings. The summed E-state index contributed by atoms with van der Waals surface area (Å²) in [5.74, 6) is -4.66. The molecule has 69 heavy (non-hydrogen) atoms. The first kappa shape index (κ1) is 53.5. The Morgan fingerprint density at radius 3 is 1.23 bits per heavy atom. The fourth-order valence-corrected chi connectivity index (χ4v) is 18.6. The van der Waals surface area contributed by atoms with E-state index in [1.807, 2.05) is 27.7 Å². The number of halogens is 4. The molecule has 6 rings (SSSR count). The van der Waals surface area contributed by atoms with Crippen LogP contribution in [-0.2, 0) is 26.1 Å². The molecule has 0 saturated heterocycles. The summed E-state index contributed by atoms with van der Waals surface area (Å²) in [6.07, 6.45) is 20.2. The van der Waals surface area contributed by atoms with Crippen LogP contribution in [-0.4, -0.2) is 50.3 Å². The molecular weight excluding hydrogens is 913 g/mol. The van der Waals surface area contributed by atoms with Crippen molar-refractivity contribution in [3.05, 3.63) is 168 Å². The van der Waals surface area contributed by atoms with E-state index in [0.717, 1.165) is 50.7 Å². The monoisotopic (exact) mass is 982 g/mol. The van der Waals surface area contributed by atoms with Gasteiger partial charge >= 0.3 is 399 Å². The molecule has 11 heteroatoms. The molecule has 2 amide bonds. The molecule has 0 saturated carbocycles. The van der Waals surface area contributed by atoms with Crippen molar-refractivity contribution >= 4 is 30.9 Å². The molecule has 0 radical (unpaired) electrons. The van der Waals surface area contributed by atoms with E-state index in [1.54, 1.807) is 123 Å². The zero-order chi connectivity index (χ0) is 49.9. The maximum atomic E-state index is 18.5. The molecule has 368 valence electrons. The topological polar surface area (TPSA) is 59.1 Å². The van der Waals surface area contributed by atoms with Gasteiger partial charge in [0.1, 0.15) is 0 Å². The Kier molecular flexibility index (Phi) is 18.5. The van der Waals surface area contributed by atoms with Crippen molar-refractivity contribution in [3.8, 4) is 0 Å². The Labute approximate surface area is 411 Å². The van der Waals surface area contributed by atoms with Crippen molar-refractivity contribution in [1.29, 1.82) is 0 Å². The molecule has 0 aliphatic heterocycles. The van der Waals surface area contributed by atoms with Crippen LogP contribution in [0.2, 0.25) is 8.45 Å². The number of hydrogen-bond acceptors (Lipinski definition) is 4. The third kappa shape index (κ3) is 12.5. The molecule has 0 N–H and O–H groups in total. The molecular formula is C58H70F4N2O4Ti. The van der Waals surface area contributed by atoms with E-state index in [0.29, 0.717) is 24.0 Å². The van der Waals surface area contributed by atoms with Gasteiger partial charge in [0.15, 0.2) is 0 Å². The number of amides is 2. The van der Waals surface area contributed by atoms with Gasteiger partial charge in [-0.1, -0.05) is 0 Å².